The van der Waals surface area contributed by atoms with Gasteiger partial charge in [0, 0.05) is 16.0 Å². The number of ether oxygens (including phenoxy) is 1. The van der Waals surface area contributed by atoms with Gasteiger partial charge in [-0.25, -0.2) is 9.59 Å². The summed E-state index contributed by atoms with van der Waals surface area (Å²) in [6, 6.07) is 23.9. The van der Waals surface area contributed by atoms with E-state index in [-0.39, 0.29) is 5.56 Å². The van der Waals surface area contributed by atoms with E-state index in [4.69, 9.17) is 4.74 Å². The molecule has 3 rings (SSSR count). The van der Waals surface area contributed by atoms with Crippen molar-refractivity contribution < 1.29 is 14.3 Å². The van der Waals surface area contributed by atoms with Crippen LogP contribution in [0.25, 0.3) is 0 Å². The molecule has 3 aromatic carbocycles. The second kappa shape index (κ2) is 12.6. The number of unbranched alkanes of at least 4 members (excludes halogenated alkanes) is 4. The van der Waals surface area contributed by atoms with Gasteiger partial charge < -0.3 is 4.74 Å². The summed E-state index contributed by atoms with van der Waals surface area (Å²) < 4.78 is 5.12. The highest BCUT2D eigenvalue weighted by molar-refractivity contribution is 7.99. The van der Waals surface area contributed by atoms with E-state index in [1.807, 2.05) is 54.7 Å². The second-order valence-corrected chi connectivity index (χ2v) is 8.44. The Morgan fingerprint density at radius 1 is 0.812 bits per heavy atom. The quantitative estimate of drug-likeness (QED) is 0.140. The van der Waals surface area contributed by atoms with Crippen molar-refractivity contribution in [3.63, 3.8) is 0 Å². The number of benzene rings is 3. The van der Waals surface area contributed by atoms with Crippen LogP contribution in [0.15, 0.2) is 93.6 Å². The topological polar surface area (TPSA) is 55.7 Å². The summed E-state index contributed by atoms with van der Waals surface area (Å²) in [5.41, 5.74) is 1.12. The van der Waals surface area contributed by atoms with E-state index in [0.29, 0.717) is 11.3 Å². The second-order valence-electron chi connectivity index (χ2n) is 7.29. The molecule has 0 fully saturated rings. The molecule has 0 aromatic heterocycles. The minimum Gasteiger partial charge on any atom is -0.386 e. The Balaban J connectivity index is 1.59. The van der Waals surface area contributed by atoms with Crippen molar-refractivity contribution in [1.29, 1.82) is 0 Å². The molecule has 0 bridgehead atoms. The molecular weight excluding hydrogens is 418 g/mol. The normalized spacial score (nSPS) is 10.9. The van der Waals surface area contributed by atoms with Crippen LogP contribution in [0.5, 0.6) is 0 Å². The van der Waals surface area contributed by atoms with E-state index in [1.165, 1.54) is 19.3 Å². The summed E-state index contributed by atoms with van der Waals surface area (Å²) in [6.07, 6.45) is 7.33. The third kappa shape index (κ3) is 7.20. The van der Waals surface area contributed by atoms with E-state index >= 15 is 0 Å². The van der Waals surface area contributed by atoms with Crippen LogP contribution in [0.1, 0.15) is 59.7 Å². The van der Waals surface area contributed by atoms with Crippen molar-refractivity contribution in [2.75, 3.05) is 0 Å². The molecule has 0 N–H and O–H groups in total. The van der Waals surface area contributed by atoms with E-state index in [0.717, 1.165) is 22.6 Å². The van der Waals surface area contributed by atoms with Crippen molar-refractivity contribution in [2.24, 2.45) is 4.99 Å². The van der Waals surface area contributed by atoms with Gasteiger partial charge in [0.2, 0.25) is 0 Å². The molecule has 0 radical (unpaired) electrons. The van der Waals surface area contributed by atoms with Gasteiger partial charge in [0.25, 0.3) is 0 Å². The molecule has 0 saturated heterocycles. The van der Waals surface area contributed by atoms with E-state index in [1.54, 1.807) is 42.1 Å². The number of aliphatic imine (C=N–C) groups is 1. The van der Waals surface area contributed by atoms with Crippen LogP contribution < -0.4 is 0 Å². The van der Waals surface area contributed by atoms with Crippen molar-refractivity contribution in [1.82, 2.24) is 0 Å². The van der Waals surface area contributed by atoms with Crippen LogP contribution in [0, 0.1) is 0 Å². The standard InChI is InChI=1S/C27H27NO3S/c1-2-3-4-5-11-20-28-25-15-10-9-14-24(25)27(30)31-26(29)21-16-18-23(19-17-21)32-22-12-7-6-8-13-22/h6-10,12-20H,2-5,11H2,1H3/b28-20+. The highest BCUT2D eigenvalue weighted by atomic mass is 32.2. The molecule has 32 heavy (non-hydrogen) atoms. The maximum atomic E-state index is 12.6. The number of rotatable bonds is 10. The highest BCUT2D eigenvalue weighted by Gasteiger charge is 2.17. The Morgan fingerprint density at radius 3 is 2.25 bits per heavy atom. The monoisotopic (exact) mass is 445 g/mol. The Bertz CT molecular complexity index is 1050. The van der Waals surface area contributed by atoms with Gasteiger partial charge in [-0.2, -0.15) is 0 Å². The molecule has 0 atom stereocenters. The molecule has 0 unspecified atom stereocenters. The minimum absolute atomic E-state index is 0.280. The molecule has 5 heteroatoms. The molecule has 0 amide bonds. The zero-order valence-corrected chi connectivity index (χ0v) is 19.0. The molecule has 0 spiro atoms. The number of carbonyl (C=O) groups is 2. The maximum Gasteiger partial charge on any atom is 0.348 e. The van der Waals surface area contributed by atoms with Gasteiger partial charge in [-0.05, 0) is 61.4 Å². The molecule has 4 nitrogen and oxygen atoms in total. The van der Waals surface area contributed by atoms with Crippen LogP contribution in [0.2, 0.25) is 0 Å². The summed E-state index contributed by atoms with van der Waals surface area (Å²) in [5.74, 6) is -1.37. The lowest BCUT2D eigenvalue weighted by molar-refractivity contribution is 0.0398. The van der Waals surface area contributed by atoms with Gasteiger partial charge in [-0.15, -0.1) is 0 Å². The summed E-state index contributed by atoms with van der Waals surface area (Å²) in [5, 5.41) is 0. The zero-order chi connectivity index (χ0) is 22.6. The number of esters is 2. The lowest BCUT2D eigenvalue weighted by Gasteiger charge is -2.07. The fraction of sp³-hybridized carbons (Fsp3) is 0.222. The van der Waals surface area contributed by atoms with E-state index in [2.05, 4.69) is 11.9 Å². The van der Waals surface area contributed by atoms with Crippen LogP contribution in [0.4, 0.5) is 5.69 Å². The first-order valence-corrected chi connectivity index (χ1v) is 11.7. The molecule has 0 aliphatic carbocycles. The average Bonchev–Trinajstić information content (AvgIpc) is 2.82. The Labute approximate surface area is 193 Å². The largest absolute Gasteiger partial charge is 0.386 e. The maximum absolute atomic E-state index is 12.6. The van der Waals surface area contributed by atoms with Crippen LogP contribution in [-0.4, -0.2) is 18.2 Å². The number of para-hydroxylation sites is 1. The lowest BCUT2D eigenvalue weighted by Crippen LogP contribution is -2.13. The Hall–Kier alpha value is -3.18. The van der Waals surface area contributed by atoms with Gasteiger partial charge in [-0.1, -0.05) is 68.3 Å². The molecule has 3 aromatic rings. The first-order chi connectivity index (χ1) is 15.7. The molecule has 0 saturated carbocycles. The third-order valence-electron chi connectivity index (χ3n) is 4.80. The number of nitrogens with zero attached hydrogens (tertiary/aromatic N) is 1. The van der Waals surface area contributed by atoms with Crippen LogP contribution in [0.3, 0.4) is 0 Å². The van der Waals surface area contributed by atoms with Crippen molar-refractivity contribution in [3.8, 4) is 0 Å². The van der Waals surface area contributed by atoms with Gasteiger partial charge in [0.05, 0.1) is 16.8 Å². The molecule has 0 heterocycles. The third-order valence-corrected chi connectivity index (χ3v) is 5.81. The summed E-state index contributed by atoms with van der Waals surface area (Å²) in [4.78, 5) is 31.6. The summed E-state index contributed by atoms with van der Waals surface area (Å²) in [6.45, 7) is 2.18. The Kier molecular flexibility index (Phi) is 9.26. The van der Waals surface area contributed by atoms with E-state index < -0.39 is 11.9 Å². The average molecular weight is 446 g/mol. The fourth-order valence-electron chi connectivity index (χ4n) is 3.07. The van der Waals surface area contributed by atoms with Crippen LogP contribution >= 0.6 is 11.8 Å². The van der Waals surface area contributed by atoms with Gasteiger partial charge >= 0.3 is 11.9 Å². The SMILES string of the molecule is CCCCCC/C=N/c1ccccc1C(=O)OC(=O)c1ccc(Sc2ccccc2)cc1. The van der Waals surface area contributed by atoms with E-state index in [9.17, 15) is 9.59 Å². The zero-order valence-electron chi connectivity index (χ0n) is 18.2. The Morgan fingerprint density at radius 2 is 1.50 bits per heavy atom. The number of carbonyl (C=O) groups excluding carboxylic acids is 2. The fourth-order valence-corrected chi connectivity index (χ4v) is 3.90. The molecule has 0 aliphatic rings. The number of hydrogen-bond acceptors (Lipinski definition) is 5. The van der Waals surface area contributed by atoms with Crippen molar-refractivity contribution >= 4 is 35.6 Å². The van der Waals surface area contributed by atoms with Gasteiger partial charge in [0.15, 0.2) is 0 Å². The van der Waals surface area contributed by atoms with Gasteiger partial charge in [0.1, 0.15) is 0 Å². The molecule has 164 valence electrons. The predicted octanol–water partition coefficient (Wildman–Crippen LogP) is 7.51. The molecule has 0 aliphatic heterocycles. The van der Waals surface area contributed by atoms with Gasteiger partial charge in [-0.3, -0.25) is 4.99 Å². The lowest BCUT2D eigenvalue weighted by atomic mass is 10.1. The first-order valence-electron chi connectivity index (χ1n) is 10.9. The molecular formula is C27H27NO3S. The first kappa shape index (κ1) is 23.5. The van der Waals surface area contributed by atoms with Crippen molar-refractivity contribution in [3.05, 3.63) is 90.0 Å². The van der Waals surface area contributed by atoms with Crippen LogP contribution in [-0.2, 0) is 4.74 Å². The number of hydrogen-bond donors (Lipinski definition) is 0. The minimum atomic E-state index is -0.698. The van der Waals surface area contributed by atoms with Crippen molar-refractivity contribution in [2.45, 2.75) is 48.8 Å². The smallest absolute Gasteiger partial charge is 0.348 e. The predicted molar refractivity (Wildman–Crippen MR) is 130 cm³/mol. The summed E-state index contributed by atoms with van der Waals surface area (Å²) in [7, 11) is 0. The summed E-state index contributed by atoms with van der Waals surface area (Å²) >= 11 is 1.60. The highest BCUT2D eigenvalue weighted by Crippen LogP contribution is 2.27.